The molecule has 2 aromatic heterocycles. The molecule has 0 aliphatic rings. The minimum absolute atomic E-state index is 0.909. The minimum Gasteiger partial charge on any atom is -0.456 e. The summed E-state index contributed by atoms with van der Waals surface area (Å²) in [6, 6.07) is 57.6. The van der Waals surface area contributed by atoms with Crippen molar-refractivity contribution in [3.05, 3.63) is 158 Å². The molecular formula is C50H26O2. The van der Waals surface area contributed by atoms with E-state index in [0.717, 1.165) is 43.9 Å². The molecule has 0 spiro atoms. The smallest absolute Gasteiger partial charge is 0.135 e. The molecule has 2 heteroatoms. The van der Waals surface area contributed by atoms with Crippen molar-refractivity contribution < 1.29 is 8.83 Å². The molecule has 2 nitrogen and oxygen atoms in total. The maximum Gasteiger partial charge on any atom is 0.135 e. The SMILES string of the molecule is c1ccc2c(c1)oc1ccc(-c3c4c5cccc6cccc(c4c(-c4ccc7oc8ccccc8c7c4)c4c7cccc8cccc(c34)c87)c65)cc12. The van der Waals surface area contributed by atoms with Gasteiger partial charge in [0, 0.05) is 21.5 Å². The Balaban J connectivity index is 1.32. The Morgan fingerprint density at radius 3 is 1.00 bits per heavy atom. The van der Waals surface area contributed by atoms with Gasteiger partial charge < -0.3 is 8.83 Å². The van der Waals surface area contributed by atoms with Gasteiger partial charge in [0.25, 0.3) is 0 Å². The van der Waals surface area contributed by atoms with Crippen LogP contribution in [0.25, 0.3) is 131 Å². The number of furan rings is 2. The summed E-state index contributed by atoms with van der Waals surface area (Å²) in [5.41, 5.74) is 8.60. The Kier molecular flexibility index (Phi) is 4.89. The van der Waals surface area contributed by atoms with Crippen LogP contribution in [-0.4, -0.2) is 0 Å². The van der Waals surface area contributed by atoms with Gasteiger partial charge in [0.15, 0.2) is 0 Å². The van der Waals surface area contributed by atoms with E-state index in [4.69, 9.17) is 8.83 Å². The zero-order chi connectivity index (χ0) is 33.7. The molecule has 0 aliphatic carbocycles. The topological polar surface area (TPSA) is 26.3 Å². The van der Waals surface area contributed by atoms with Gasteiger partial charge in [0.05, 0.1) is 0 Å². The standard InChI is InChI=1S/C50H26O2/c1-3-19-39-31(13-1)37-25-29(21-23-41(37)51-39)45-47-33-15-5-9-27-11-7-17-35(43(27)33)49(47)46(30-22-24-42-38(26-30)32-14-2-4-20-40(32)52-42)50-36-18-8-12-28-10-6-16-34(44(28)36)48(45)50/h1-26H. The van der Waals surface area contributed by atoms with E-state index in [1.807, 2.05) is 12.1 Å². The summed E-state index contributed by atoms with van der Waals surface area (Å²) in [6.07, 6.45) is 0. The van der Waals surface area contributed by atoms with E-state index in [2.05, 4.69) is 146 Å². The van der Waals surface area contributed by atoms with E-state index < -0.39 is 0 Å². The first-order valence-corrected chi connectivity index (χ1v) is 17.9. The lowest BCUT2D eigenvalue weighted by Crippen LogP contribution is -1.88. The second kappa shape index (κ2) is 9.45. The van der Waals surface area contributed by atoms with E-state index in [0.29, 0.717) is 0 Å². The average Bonchev–Trinajstić information content (AvgIpc) is 3.94. The van der Waals surface area contributed by atoms with Crippen molar-refractivity contribution in [3.63, 3.8) is 0 Å². The largest absolute Gasteiger partial charge is 0.456 e. The third-order valence-corrected chi connectivity index (χ3v) is 11.7. The van der Waals surface area contributed by atoms with Crippen LogP contribution >= 0.6 is 0 Å². The molecule has 238 valence electrons. The van der Waals surface area contributed by atoms with Crippen molar-refractivity contribution in [2.24, 2.45) is 0 Å². The van der Waals surface area contributed by atoms with E-state index in [1.165, 1.54) is 86.9 Å². The quantitative estimate of drug-likeness (QED) is 0.185. The summed E-state index contributed by atoms with van der Waals surface area (Å²) >= 11 is 0. The minimum atomic E-state index is 0.909. The van der Waals surface area contributed by atoms with E-state index in [-0.39, 0.29) is 0 Å². The van der Waals surface area contributed by atoms with Gasteiger partial charge in [0.2, 0.25) is 0 Å². The Morgan fingerprint density at radius 2 is 0.596 bits per heavy atom. The van der Waals surface area contributed by atoms with Gasteiger partial charge in [-0.2, -0.15) is 0 Å². The highest BCUT2D eigenvalue weighted by atomic mass is 16.3. The predicted molar refractivity (Wildman–Crippen MR) is 219 cm³/mol. The number of para-hydroxylation sites is 2. The van der Waals surface area contributed by atoms with Crippen LogP contribution in [0.3, 0.4) is 0 Å². The van der Waals surface area contributed by atoms with Gasteiger partial charge in [-0.15, -0.1) is 0 Å². The van der Waals surface area contributed by atoms with Crippen molar-refractivity contribution in [2.45, 2.75) is 0 Å². The molecule has 11 aromatic carbocycles. The van der Waals surface area contributed by atoms with Gasteiger partial charge in [-0.3, -0.25) is 0 Å². The molecule has 0 unspecified atom stereocenters. The molecule has 52 heavy (non-hydrogen) atoms. The lowest BCUT2D eigenvalue weighted by Gasteiger charge is -2.16. The summed E-state index contributed by atoms with van der Waals surface area (Å²) in [5, 5.41) is 20.1. The summed E-state index contributed by atoms with van der Waals surface area (Å²) < 4.78 is 12.7. The molecule has 0 fully saturated rings. The number of benzene rings is 9. The van der Waals surface area contributed by atoms with Gasteiger partial charge in [-0.05, 0) is 123 Å². The molecular weight excluding hydrogens is 633 g/mol. The van der Waals surface area contributed by atoms with Crippen LogP contribution in [0.5, 0.6) is 0 Å². The molecule has 13 aromatic rings. The zero-order valence-electron chi connectivity index (χ0n) is 27.8. The fourth-order valence-electron chi connectivity index (χ4n) is 9.68. The van der Waals surface area contributed by atoms with Crippen LogP contribution in [-0.2, 0) is 0 Å². The van der Waals surface area contributed by atoms with Crippen LogP contribution in [0.2, 0.25) is 0 Å². The zero-order valence-corrected chi connectivity index (χ0v) is 27.8. The highest BCUT2D eigenvalue weighted by Gasteiger charge is 2.28. The highest BCUT2D eigenvalue weighted by molar-refractivity contribution is 6.46. The first kappa shape index (κ1) is 26.9. The first-order valence-electron chi connectivity index (χ1n) is 17.9. The van der Waals surface area contributed by atoms with Crippen molar-refractivity contribution >= 4 is 109 Å². The van der Waals surface area contributed by atoms with E-state index in [1.54, 1.807) is 0 Å². The van der Waals surface area contributed by atoms with Crippen molar-refractivity contribution in [1.29, 1.82) is 0 Å². The van der Waals surface area contributed by atoms with Crippen LogP contribution in [0, 0.1) is 0 Å². The Labute approximate surface area is 296 Å². The van der Waals surface area contributed by atoms with Crippen molar-refractivity contribution in [1.82, 2.24) is 0 Å². The van der Waals surface area contributed by atoms with Gasteiger partial charge >= 0.3 is 0 Å². The number of rotatable bonds is 2. The molecule has 0 aliphatic heterocycles. The van der Waals surface area contributed by atoms with Crippen molar-refractivity contribution in [3.8, 4) is 22.3 Å². The summed E-state index contributed by atoms with van der Waals surface area (Å²) in [6.45, 7) is 0. The van der Waals surface area contributed by atoms with E-state index in [9.17, 15) is 0 Å². The lowest BCUT2D eigenvalue weighted by molar-refractivity contribution is 0.668. The Morgan fingerprint density at radius 1 is 0.250 bits per heavy atom. The third kappa shape index (κ3) is 3.26. The Hall–Kier alpha value is -6.90. The molecule has 0 radical (unpaired) electrons. The number of fused-ring (bicyclic) bond motifs is 12. The average molecular weight is 659 g/mol. The van der Waals surface area contributed by atoms with Gasteiger partial charge in [0.1, 0.15) is 22.3 Å². The fourth-order valence-corrected chi connectivity index (χ4v) is 9.68. The normalized spacial score (nSPS) is 12.6. The molecule has 0 bridgehead atoms. The molecule has 0 saturated heterocycles. The maximum atomic E-state index is 6.35. The lowest BCUT2D eigenvalue weighted by atomic mass is 9.86. The Bertz CT molecular complexity index is 3280. The third-order valence-electron chi connectivity index (χ3n) is 11.7. The number of hydrogen-bond donors (Lipinski definition) is 0. The van der Waals surface area contributed by atoms with E-state index >= 15 is 0 Å². The second-order valence-corrected chi connectivity index (χ2v) is 14.3. The molecule has 0 saturated carbocycles. The number of hydrogen-bond acceptors (Lipinski definition) is 2. The summed E-state index contributed by atoms with van der Waals surface area (Å²) in [5.74, 6) is 0. The van der Waals surface area contributed by atoms with Crippen LogP contribution in [0.4, 0.5) is 0 Å². The fraction of sp³-hybridized carbons (Fsp3) is 0. The molecule has 0 atom stereocenters. The van der Waals surface area contributed by atoms with Crippen LogP contribution in [0.15, 0.2) is 167 Å². The predicted octanol–water partition coefficient (Wildman–Crippen LogP) is 14.6. The molecule has 0 amide bonds. The first-order chi connectivity index (χ1) is 25.8. The summed E-state index contributed by atoms with van der Waals surface area (Å²) in [4.78, 5) is 0. The van der Waals surface area contributed by atoms with Gasteiger partial charge in [-0.25, -0.2) is 0 Å². The second-order valence-electron chi connectivity index (χ2n) is 14.3. The van der Waals surface area contributed by atoms with Crippen molar-refractivity contribution in [2.75, 3.05) is 0 Å². The van der Waals surface area contributed by atoms with Crippen LogP contribution < -0.4 is 0 Å². The van der Waals surface area contributed by atoms with Gasteiger partial charge in [-0.1, -0.05) is 121 Å². The van der Waals surface area contributed by atoms with Crippen LogP contribution in [0.1, 0.15) is 0 Å². The molecule has 0 N–H and O–H groups in total. The molecule has 2 heterocycles. The molecule has 13 rings (SSSR count). The highest BCUT2D eigenvalue weighted by Crippen LogP contribution is 2.56. The monoisotopic (exact) mass is 658 g/mol. The summed E-state index contributed by atoms with van der Waals surface area (Å²) in [7, 11) is 0. The maximum absolute atomic E-state index is 6.35.